The van der Waals surface area contributed by atoms with Crippen molar-refractivity contribution >= 4 is 22.4 Å². The van der Waals surface area contributed by atoms with Crippen LogP contribution in [-0.4, -0.2) is 24.0 Å². The fourth-order valence-electron chi connectivity index (χ4n) is 2.89. The van der Waals surface area contributed by atoms with Crippen molar-refractivity contribution in [3.05, 3.63) is 11.1 Å². The summed E-state index contributed by atoms with van der Waals surface area (Å²) >= 11 is 1.55. The van der Waals surface area contributed by atoms with Crippen molar-refractivity contribution in [3.63, 3.8) is 0 Å². The molecule has 1 fully saturated rings. The van der Waals surface area contributed by atoms with Gasteiger partial charge in [-0.2, -0.15) is 0 Å². The third kappa shape index (κ3) is 3.79. The maximum absolute atomic E-state index is 11.5. The van der Waals surface area contributed by atoms with Gasteiger partial charge in [-0.25, -0.2) is 4.98 Å². The Morgan fingerprint density at radius 1 is 1.50 bits per heavy atom. The number of thiazole rings is 1. The fraction of sp³-hybridized carbons (Fsp3) is 0.733. The zero-order chi connectivity index (χ0) is 14.6. The van der Waals surface area contributed by atoms with Gasteiger partial charge in [0.05, 0.1) is 5.69 Å². The van der Waals surface area contributed by atoms with E-state index in [4.69, 9.17) is 0 Å². The topological polar surface area (TPSA) is 45.2 Å². The van der Waals surface area contributed by atoms with E-state index in [1.807, 2.05) is 12.3 Å². The number of amides is 1. The average molecular weight is 295 g/mol. The lowest BCUT2D eigenvalue weighted by atomic mass is 9.89. The van der Waals surface area contributed by atoms with E-state index < -0.39 is 0 Å². The van der Waals surface area contributed by atoms with Gasteiger partial charge in [0.2, 0.25) is 5.91 Å². The van der Waals surface area contributed by atoms with Crippen LogP contribution in [-0.2, 0) is 11.3 Å². The summed E-state index contributed by atoms with van der Waals surface area (Å²) in [6, 6.07) is 0. The number of rotatable bonds is 6. The van der Waals surface area contributed by atoms with Gasteiger partial charge in [-0.15, -0.1) is 11.3 Å². The van der Waals surface area contributed by atoms with Crippen molar-refractivity contribution < 1.29 is 4.79 Å². The molecule has 0 radical (unpaired) electrons. The van der Waals surface area contributed by atoms with Crippen LogP contribution in [0.5, 0.6) is 0 Å². The molecular weight excluding hydrogens is 270 g/mol. The number of nitrogens with zero attached hydrogens (tertiary/aromatic N) is 2. The van der Waals surface area contributed by atoms with Crippen LogP contribution < -0.4 is 10.2 Å². The fourth-order valence-corrected chi connectivity index (χ4v) is 3.82. The van der Waals surface area contributed by atoms with E-state index in [-0.39, 0.29) is 5.91 Å². The highest BCUT2D eigenvalue weighted by Gasteiger charge is 2.27. The van der Waals surface area contributed by atoms with Crippen LogP contribution in [0, 0.1) is 5.41 Å². The first-order valence-corrected chi connectivity index (χ1v) is 8.35. The number of aromatic nitrogens is 1. The molecule has 1 aromatic heterocycles. The van der Waals surface area contributed by atoms with Gasteiger partial charge in [-0.05, 0) is 25.2 Å². The Hall–Kier alpha value is -0.940. The first-order chi connectivity index (χ1) is 9.54. The summed E-state index contributed by atoms with van der Waals surface area (Å²) in [5.41, 5.74) is 1.50. The SMILES string of the molecule is CCN(C(C)=O)c1nc(CNCC2(C)CCCC2)cs1. The van der Waals surface area contributed by atoms with Crippen molar-refractivity contribution in [2.45, 2.75) is 53.0 Å². The summed E-state index contributed by atoms with van der Waals surface area (Å²) in [6.07, 6.45) is 5.39. The zero-order valence-corrected chi connectivity index (χ0v) is 13.6. The molecule has 0 bridgehead atoms. The number of carbonyl (C=O) groups is 1. The Bertz CT molecular complexity index is 452. The van der Waals surface area contributed by atoms with E-state index in [1.54, 1.807) is 23.2 Å². The zero-order valence-electron chi connectivity index (χ0n) is 12.7. The molecule has 0 atom stereocenters. The Balaban J connectivity index is 1.85. The Morgan fingerprint density at radius 2 is 2.20 bits per heavy atom. The van der Waals surface area contributed by atoms with Gasteiger partial charge in [0.15, 0.2) is 5.13 Å². The second-order valence-electron chi connectivity index (χ2n) is 6.01. The summed E-state index contributed by atoms with van der Waals surface area (Å²) < 4.78 is 0. The second kappa shape index (κ2) is 6.68. The van der Waals surface area contributed by atoms with E-state index in [2.05, 4.69) is 17.2 Å². The lowest BCUT2D eigenvalue weighted by molar-refractivity contribution is -0.116. The molecule has 1 saturated carbocycles. The van der Waals surface area contributed by atoms with Gasteiger partial charge in [-0.3, -0.25) is 9.69 Å². The van der Waals surface area contributed by atoms with Gasteiger partial charge >= 0.3 is 0 Å². The molecule has 5 heteroatoms. The van der Waals surface area contributed by atoms with Crippen LogP contribution in [0.15, 0.2) is 5.38 Å². The van der Waals surface area contributed by atoms with E-state index in [9.17, 15) is 4.79 Å². The quantitative estimate of drug-likeness (QED) is 0.876. The molecule has 2 rings (SSSR count). The first kappa shape index (κ1) is 15.4. The van der Waals surface area contributed by atoms with Crippen LogP contribution in [0.25, 0.3) is 0 Å². The van der Waals surface area contributed by atoms with Crippen molar-refractivity contribution in [2.75, 3.05) is 18.0 Å². The summed E-state index contributed by atoms with van der Waals surface area (Å²) in [5, 5.41) is 6.38. The predicted molar refractivity (Wildman–Crippen MR) is 84.1 cm³/mol. The van der Waals surface area contributed by atoms with Crippen LogP contribution in [0.3, 0.4) is 0 Å². The molecule has 0 unspecified atom stereocenters. The van der Waals surface area contributed by atoms with E-state index >= 15 is 0 Å². The minimum absolute atomic E-state index is 0.0554. The third-order valence-electron chi connectivity index (χ3n) is 4.14. The van der Waals surface area contributed by atoms with Gasteiger partial charge in [0.1, 0.15) is 0 Å². The summed E-state index contributed by atoms with van der Waals surface area (Å²) in [7, 11) is 0. The molecule has 0 saturated heterocycles. The van der Waals surface area contributed by atoms with Gasteiger partial charge in [-0.1, -0.05) is 19.8 Å². The summed E-state index contributed by atoms with van der Waals surface area (Å²) in [5.74, 6) is 0.0554. The number of carbonyl (C=O) groups excluding carboxylic acids is 1. The van der Waals surface area contributed by atoms with Gasteiger partial charge < -0.3 is 5.32 Å². The van der Waals surface area contributed by atoms with Crippen LogP contribution in [0.1, 0.15) is 52.1 Å². The van der Waals surface area contributed by atoms with Crippen LogP contribution in [0.4, 0.5) is 5.13 Å². The summed E-state index contributed by atoms with van der Waals surface area (Å²) in [6.45, 7) is 8.46. The Kier molecular flexibility index (Phi) is 5.16. The lowest BCUT2D eigenvalue weighted by Crippen LogP contribution is -2.29. The minimum atomic E-state index is 0.0554. The average Bonchev–Trinajstić information content (AvgIpc) is 3.00. The smallest absolute Gasteiger partial charge is 0.225 e. The molecular formula is C15H25N3OS. The molecule has 1 heterocycles. The number of nitrogens with one attached hydrogen (secondary N) is 1. The molecule has 1 aromatic rings. The van der Waals surface area contributed by atoms with Crippen LogP contribution >= 0.6 is 11.3 Å². The number of hydrogen-bond acceptors (Lipinski definition) is 4. The van der Waals surface area contributed by atoms with Crippen molar-refractivity contribution in [1.82, 2.24) is 10.3 Å². The van der Waals surface area contributed by atoms with Crippen molar-refractivity contribution in [3.8, 4) is 0 Å². The van der Waals surface area contributed by atoms with Crippen molar-refractivity contribution in [1.29, 1.82) is 0 Å². The highest BCUT2D eigenvalue weighted by atomic mass is 32.1. The highest BCUT2D eigenvalue weighted by Crippen LogP contribution is 2.36. The third-order valence-corrected chi connectivity index (χ3v) is 5.05. The Morgan fingerprint density at radius 3 is 2.80 bits per heavy atom. The molecule has 112 valence electrons. The number of hydrogen-bond donors (Lipinski definition) is 1. The van der Waals surface area contributed by atoms with Gasteiger partial charge in [0, 0.05) is 31.9 Å². The normalized spacial score (nSPS) is 17.4. The molecule has 1 amide bonds. The monoisotopic (exact) mass is 295 g/mol. The first-order valence-electron chi connectivity index (χ1n) is 7.47. The van der Waals surface area contributed by atoms with Gasteiger partial charge in [0.25, 0.3) is 0 Å². The molecule has 1 aliphatic rings. The molecule has 1 aliphatic carbocycles. The molecule has 0 spiro atoms. The molecule has 0 aliphatic heterocycles. The van der Waals surface area contributed by atoms with E-state index in [0.29, 0.717) is 12.0 Å². The predicted octanol–water partition coefficient (Wildman–Crippen LogP) is 3.19. The standard InChI is InChI=1S/C15H25N3OS/c1-4-18(12(2)19)14-17-13(10-20-14)9-16-11-15(3)7-5-6-8-15/h10,16H,4-9,11H2,1-3H3. The molecule has 20 heavy (non-hydrogen) atoms. The molecule has 0 aromatic carbocycles. The highest BCUT2D eigenvalue weighted by molar-refractivity contribution is 7.14. The van der Waals surface area contributed by atoms with Crippen LogP contribution in [0.2, 0.25) is 0 Å². The minimum Gasteiger partial charge on any atom is -0.311 e. The summed E-state index contributed by atoms with van der Waals surface area (Å²) in [4.78, 5) is 17.8. The van der Waals surface area contributed by atoms with E-state index in [1.165, 1.54) is 25.7 Å². The molecule has 1 N–H and O–H groups in total. The van der Waals surface area contributed by atoms with E-state index in [0.717, 1.165) is 23.9 Å². The maximum Gasteiger partial charge on any atom is 0.225 e. The largest absolute Gasteiger partial charge is 0.311 e. The van der Waals surface area contributed by atoms with Crippen molar-refractivity contribution in [2.24, 2.45) is 5.41 Å². The Labute approximate surface area is 125 Å². The lowest BCUT2D eigenvalue weighted by Gasteiger charge is -2.23. The number of anilines is 1. The molecule has 4 nitrogen and oxygen atoms in total. The maximum atomic E-state index is 11.5. The second-order valence-corrected chi connectivity index (χ2v) is 6.84.